The smallest absolute Gasteiger partial charge is 0.220 e. The number of aromatic amines is 1. The number of pyridine rings is 1. The molecule has 2 heterocycles. The third kappa shape index (κ3) is 4.04. The number of aliphatic hydroxyl groups excluding tert-OH is 1. The highest BCUT2D eigenvalue weighted by molar-refractivity contribution is 5.76. The Kier molecular flexibility index (Phi) is 5.56. The number of nitrogens with one attached hydrogen (secondary N) is 2. The summed E-state index contributed by atoms with van der Waals surface area (Å²) in [6.07, 6.45) is 3.81. The van der Waals surface area contributed by atoms with Crippen molar-refractivity contribution in [2.75, 3.05) is 7.11 Å². The van der Waals surface area contributed by atoms with Gasteiger partial charge in [0, 0.05) is 30.8 Å². The van der Waals surface area contributed by atoms with Crippen LogP contribution in [0.2, 0.25) is 0 Å². The maximum absolute atomic E-state index is 12.5. The molecule has 1 aliphatic carbocycles. The molecule has 0 unspecified atom stereocenters. The largest absolute Gasteiger partial charge is 0.481 e. The molecule has 140 valence electrons. The van der Waals surface area contributed by atoms with Gasteiger partial charge in [-0.15, -0.1) is 0 Å². The summed E-state index contributed by atoms with van der Waals surface area (Å²) in [5.41, 5.74) is 4.00. The van der Waals surface area contributed by atoms with Gasteiger partial charge in [-0.25, -0.2) is 4.98 Å². The predicted octanol–water partition coefficient (Wildman–Crippen LogP) is 1.99. The van der Waals surface area contributed by atoms with Crippen molar-refractivity contribution >= 4 is 5.91 Å². The van der Waals surface area contributed by atoms with Gasteiger partial charge in [-0.05, 0) is 43.7 Å². The number of nitrogens with zero attached hydrogens (tertiary/aromatic N) is 2. The van der Waals surface area contributed by atoms with E-state index in [1.54, 1.807) is 19.4 Å². The molecule has 1 saturated carbocycles. The minimum atomic E-state index is -0.278. The second-order valence-corrected chi connectivity index (χ2v) is 6.98. The zero-order valence-corrected chi connectivity index (χ0v) is 15.5. The summed E-state index contributed by atoms with van der Waals surface area (Å²) in [5, 5.41) is 20.0. The minimum absolute atomic E-state index is 0.0211. The van der Waals surface area contributed by atoms with Crippen LogP contribution in [0.5, 0.6) is 5.88 Å². The second-order valence-electron chi connectivity index (χ2n) is 6.98. The van der Waals surface area contributed by atoms with Crippen molar-refractivity contribution in [3.63, 3.8) is 0 Å². The average Bonchev–Trinajstić information content (AvgIpc) is 2.94. The molecule has 3 N–H and O–H groups in total. The SMILES string of the molecule is COc1ccc([C@H](NC(=O)CCc2n[nH]c(C)c2C)C2CC(O)C2)cn1. The van der Waals surface area contributed by atoms with Crippen molar-refractivity contribution in [1.29, 1.82) is 0 Å². The summed E-state index contributed by atoms with van der Waals surface area (Å²) >= 11 is 0. The Bertz CT molecular complexity index is 751. The number of hydrogen-bond donors (Lipinski definition) is 3. The summed E-state index contributed by atoms with van der Waals surface area (Å²) in [7, 11) is 1.57. The Morgan fingerprint density at radius 2 is 2.19 bits per heavy atom. The Morgan fingerprint density at radius 3 is 2.73 bits per heavy atom. The highest BCUT2D eigenvalue weighted by Crippen LogP contribution is 2.38. The molecule has 0 bridgehead atoms. The molecule has 2 aromatic rings. The lowest BCUT2D eigenvalue weighted by atomic mass is 9.75. The number of aromatic nitrogens is 3. The van der Waals surface area contributed by atoms with Gasteiger partial charge in [-0.1, -0.05) is 6.07 Å². The van der Waals surface area contributed by atoms with Crippen LogP contribution in [0.3, 0.4) is 0 Å². The molecule has 0 spiro atoms. The first-order valence-corrected chi connectivity index (χ1v) is 8.95. The molecule has 0 aromatic carbocycles. The van der Waals surface area contributed by atoms with Crippen LogP contribution in [0.15, 0.2) is 18.3 Å². The van der Waals surface area contributed by atoms with Crippen LogP contribution < -0.4 is 10.1 Å². The summed E-state index contributed by atoms with van der Waals surface area (Å²) in [4.78, 5) is 16.8. The molecule has 1 amide bonds. The van der Waals surface area contributed by atoms with E-state index in [4.69, 9.17) is 4.74 Å². The molecule has 0 saturated heterocycles. The Balaban J connectivity index is 1.64. The first kappa shape index (κ1) is 18.4. The third-order valence-electron chi connectivity index (χ3n) is 5.21. The summed E-state index contributed by atoms with van der Waals surface area (Å²) < 4.78 is 5.10. The fourth-order valence-corrected chi connectivity index (χ4v) is 3.33. The first-order valence-electron chi connectivity index (χ1n) is 8.95. The van der Waals surface area contributed by atoms with E-state index < -0.39 is 0 Å². The van der Waals surface area contributed by atoms with E-state index in [1.807, 2.05) is 19.9 Å². The normalized spacial score (nSPS) is 20.3. The van der Waals surface area contributed by atoms with E-state index in [9.17, 15) is 9.90 Å². The van der Waals surface area contributed by atoms with Crippen LogP contribution >= 0.6 is 0 Å². The highest BCUT2D eigenvalue weighted by Gasteiger charge is 2.35. The van der Waals surface area contributed by atoms with Crippen LogP contribution in [0.4, 0.5) is 0 Å². The molecule has 1 aliphatic rings. The number of hydrogen-bond acceptors (Lipinski definition) is 5. The van der Waals surface area contributed by atoms with Crippen molar-refractivity contribution in [3.05, 3.63) is 40.8 Å². The standard InChI is InChI=1S/C19H26N4O3/c1-11-12(2)22-23-16(11)5-6-17(25)21-19(14-8-15(24)9-14)13-4-7-18(26-3)20-10-13/h4,7,10,14-15,19,24H,5-6,8-9H2,1-3H3,(H,21,25)(H,22,23)/t14?,15?,19-/m0/s1. The fraction of sp³-hybridized carbons (Fsp3) is 0.526. The van der Waals surface area contributed by atoms with Crippen molar-refractivity contribution in [1.82, 2.24) is 20.5 Å². The topological polar surface area (TPSA) is 100 Å². The van der Waals surface area contributed by atoms with E-state index in [0.29, 0.717) is 31.6 Å². The number of aryl methyl sites for hydroxylation is 2. The fourth-order valence-electron chi connectivity index (χ4n) is 3.33. The Labute approximate surface area is 153 Å². The van der Waals surface area contributed by atoms with E-state index in [-0.39, 0.29) is 24.0 Å². The molecule has 1 atom stereocenters. The van der Waals surface area contributed by atoms with Crippen molar-refractivity contribution in [3.8, 4) is 5.88 Å². The van der Waals surface area contributed by atoms with E-state index in [1.165, 1.54) is 0 Å². The Morgan fingerprint density at radius 1 is 1.42 bits per heavy atom. The summed E-state index contributed by atoms with van der Waals surface area (Å²) in [6.45, 7) is 3.98. The van der Waals surface area contributed by atoms with Crippen LogP contribution in [0.1, 0.15) is 47.8 Å². The third-order valence-corrected chi connectivity index (χ3v) is 5.21. The van der Waals surface area contributed by atoms with Gasteiger partial charge in [0.05, 0.1) is 24.9 Å². The van der Waals surface area contributed by atoms with Crippen LogP contribution in [-0.2, 0) is 11.2 Å². The molecule has 26 heavy (non-hydrogen) atoms. The number of ether oxygens (including phenoxy) is 1. The number of methoxy groups -OCH3 is 1. The lowest BCUT2D eigenvalue weighted by Gasteiger charge is -2.38. The number of amides is 1. The molecule has 7 heteroatoms. The lowest BCUT2D eigenvalue weighted by molar-refractivity contribution is -0.123. The molecule has 3 rings (SSSR count). The molecule has 0 aliphatic heterocycles. The molecule has 7 nitrogen and oxygen atoms in total. The van der Waals surface area contributed by atoms with Gasteiger partial charge in [-0.3, -0.25) is 9.89 Å². The minimum Gasteiger partial charge on any atom is -0.481 e. The highest BCUT2D eigenvalue weighted by atomic mass is 16.5. The molecular weight excluding hydrogens is 332 g/mol. The average molecular weight is 358 g/mol. The molecule has 2 aromatic heterocycles. The number of carbonyl (C=O) groups excluding carboxylic acids is 1. The van der Waals surface area contributed by atoms with Crippen molar-refractivity contribution in [2.24, 2.45) is 5.92 Å². The summed E-state index contributed by atoms with van der Waals surface area (Å²) in [6, 6.07) is 3.56. The quantitative estimate of drug-likeness (QED) is 0.703. The molecular formula is C19H26N4O3. The lowest BCUT2D eigenvalue weighted by Crippen LogP contribution is -2.41. The maximum atomic E-state index is 12.5. The van der Waals surface area contributed by atoms with Gasteiger partial charge >= 0.3 is 0 Å². The second kappa shape index (κ2) is 7.86. The number of aliphatic hydroxyl groups is 1. The van der Waals surface area contributed by atoms with Gasteiger partial charge in [0.1, 0.15) is 0 Å². The monoisotopic (exact) mass is 358 g/mol. The van der Waals surface area contributed by atoms with Crippen molar-refractivity contribution in [2.45, 2.75) is 51.7 Å². The maximum Gasteiger partial charge on any atom is 0.220 e. The van der Waals surface area contributed by atoms with Gasteiger partial charge in [-0.2, -0.15) is 5.10 Å². The van der Waals surface area contributed by atoms with Crippen molar-refractivity contribution < 1.29 is 14.6 Å². The molecule has 0 radical (unpaired) electrons. The van der Waals surface area contributed by atoms with Crippen LogP contribution in [0.25, 0.3) is 0 Å². The zero-order valence-electron chi connectivity index (χ0n) is 15.5. The number of H-pyrrole nitrogens is 1. The predicted molar refractivity (Wildman–Crippen MR) is 96.8 cm³/mol. The summed E-state index contributed by atoms with van der Waals surface area (Å²) in [5.74, 6) is 0.739. The first-order chi connectivity index (χ1) is 12.5. The Hall–Kier alpha value is -2.41. The van der Waals surface area contributed by atoms with Crippen LogP contribution in [0, 0.1) is 19.8 Å². The van der Waals surface area contributed by atoms with Gasteiger partial charge in [0.25, 0.3) is 0 Å². The molecule has 1 fully saturated rings. The number of carbonyl (C=O) groups is 1. The van der Waals surface area contributed by atoms with E-state index in [2.05, 4.69) is 20.5 Å². The van der Waals surface area contributed by atoms with Gasteiger partial charge < -0.3 is 15.2 Å². The van der Waals surface area contributed by atoms with Crippen LogP contribution in [-0.4, -0.2) is 39.4 Å². The van der Waals surface area contributed by atoms with E-state index >= 15 is 0 Å². The van der Waals surface area contributed by atoms with E-state index in [0.717, 1.165) is 22.5 Å². The number of rotatable bonds is 7. The van der Waals surface area contributed by atoms with Gasteiger partial charge in [0.2, 0.25) is 11.8 Å². The van der Waals surface area contributed by atoms with Gasteiger partial charge in [0.15, 0.2) is 0 Å². The zero-order chi connectivity index (χ0) is 18.7.